The van der Waals surface area contributed by atoms with Crippen molar-refractivity contribution in [2.75, 3.05) is 58.2 Å². The highest BCUT2D eigenvalue weighted by molar-refractivity contribution is 7.17. The Morgan fingerprint density at radius 3 is 2.28 bits per heavy atom. The van der Waals surface area contributed by atoms with Gasteiger partial charge in [-0.25, -0.2) is 0 Å². The number of carboxylic acid groups (broad SMARTS) is 1. The second-order valence-corrected chi connectivity index (χ2v) is 14.3. The number of ketones is 1. The summed E-state index contributed by atoms with van der Waals surface area (Å²) in [6.45, 7) is 0.812. The minimum Gasteiger partial charge on any atom is -0.495 e. The van der Waals surface area contributed by atoms with E-state index in [9.17, 15) is 32.7 Å². The van der Waals surface area contributed by atoms with Crippen LogP contribution in [0.3, 0.4) is 0 Å². The molecule has 1 unspecified atom stereocenters. The number of benzene rings is 2. The number of carbonyl (C=O) groups is 3. The third kappa shape index (κ3) is 7.99. The van der Waals surface area contributed by atoms with E-state index in [4.69, 9.17) is 9.47 Å². The topological polar surface area (TPSA) is 112 Å². The van der Waals surface area contributed by atoms with Crippen molar-refractivity contribution in [1.29, 1.82) is 0 Å². The summed E-state index contributed by atoms with van der Waals surface area (Å²) in [4.78, 5) is 45.0. The molecule has 3 aliphatic rings. The SMILES string of the molecule is COc1cc(CC(=O)C(OC2CCC(C(=O)O)CC2)(N2CCCC2)N2CCN(CC(F)(F)F)CC2)ccc1NC(=O)c1csc2ccccc12. The first kappa shape index (κ1) is 36.2. The number of carboxylic acids is 1. The number of aliphatic carboxylic acids is 1. The lowest BCUT2D eigenvalue weighted by atomic mass is 9.87. The number of rotatable bonds is 12. The van der Waals surface area contributed by atoms with Crippen molar-refractivity contribution in [2.24, 2.45) is 5.92 Å². The molecule has 0 radical (unpaired) electrons. The lowest BCUT2D eigenvalue weighted by molar-refractivity contribution is -0.262. The summed E-state index contributed by atoms with van der Waals surface area (Å²) < 4.78 is 53.3. The molecule has 1 aromatic heterocycles. The number of likely N-dealkylation sites (tertiary alicyclic amines) is 1. The number of nitrogens with zero attached hydrogens (tertiary/aromatic N) is 3. The van der Waals surface area contributed by atoms with Crippen LogP contribution in [0.4, 0.5) is 18.9 Å². The number of nitrogens with one attached hydrogen (secondary N) is 1. The molecule has 2 aliphatic heterocycles. The molecule has 14 heteroatoms. The van der Waals surface area contributed by atoms with E-state index in [0.717, 1.165) is 22.9 Å². The highest BCUT2D eigenvalue weighted by Crippen LogP contribution is 2.37. The number of hydrogen-bond donors (Lipinski definition) is 2. The maximum atomic E-state index is 14.8. The predicted molar refractivity (Wildman–Crippen MR) is 184 cm³/mol. The Balaban J connectivity index is 1.26. The van der Waals surface area contributed by atoms with E-state index in [2.05, 4.69) is 5.32 Å². The molecule has 3 heterocycles. The van der Waals surface area contributed by atoms with Crippen LogP contribution in [0.2, 0.25) is 0 Å². The van der Waals surface area contributed by atoms with E-state index >= 15 is 0 Å². The number of anilines is 1. The Labute approximate surface area is 293 Å². The summed E-state index contributed by atoms with van der Waals surface area (Å²) in [7, 11) is 1.49. The van der Waals surface area contributed by atoms with Crippen LogP contribution in [-0.4, -0.2) is 109 Å². The van der Waals surface area contributed by atoms with Crippen LogP contribution in [0.5, 0.6) is 5.75 Å². The Morgan fingerprint density at radius 2 is 1.62 bits per heavy atom. The number of ether oxygens (including phenoxy) is 2. The standard InChI is InChI=1S/C36H43F3N4O6S/c1-48-30-20-24(8-13-29(30)40-33(45)28-22-50-31-7-3-2-6-27(28)31)21-32(44)36(42-14-4-5-15-42,49-26-11-9-25(10-12-26)34(46)47)43-18-16-41(17-19-43)23-35(37,38)39/h2-3,6-8,13,20,22,25-26H,4-5,9-12,14-19,21,23H2,1H3,(H,40,45)(H,46,47). The monoisotopic (exact) mass is 716 g/mol. The van der Waals surface area contributed by atoms with Crippen LogP contribution in [0.25, 0.3) is 10.1 Å². The van der Waals surface area contributed by atoms with Crippen LogP contribution >= 0.6 is 11.3 Å². The largest absolute Gasteiger partial charge is 0.495 e. The zero-order valence-electron chi connectivity index (χ0n) is 28.0. The number of alkyl halides is 3. The number of thiophene rings is 1. The first-order valence-electron chi connectivity index (χ1n) is 17.1. The number of carbonyl (C=O) groups excluding carboxylic acids is 2. The predicted octanol–water partition coefficient (Wildman–Crippen LogP) is 5.86. The van der Waals surface area contributed by atoms with Crippen molar-refractivity contribution in [1.82, 2.24) is 14.7 Å². The van der Waals surface area contributed by atoms with Crippen LogP contribution in [0, 0.1) is 5.92 Å². The fourth-order valence-electron chi connectivity index (χ4n) is 7.50. The fourth-order valence-corrected chi connectivity index (χ4v) is 8.44. The summed E-state index contributed by atoms with van der Waals surface area (Å²) in [6, 6.07) is 12.8. The molecule has 0 bridgehead atoms. The maximum absolute atomic E-state index is 14.8. The van der Waals surface area contributed by atoms with Gasteiger partial charge in [0, 0.05) is 61.2 Å². The quantitative estimate of drug-likeness (QED) is 0.238. The summed E-state index contributed by atoms with van der Waals surface area (Å²) in [5.41, 5.74) is 1.62. The van der Waals surface area contributed by atoms with Gasteiger partial charge in [-0.1, -0.05) is 24.3 Å². The Hall–Kier alpha value is -3.56. The zero-order chi connectivity index (χ0) is 35.5. The van der Waals surface area contributed by atoms with Gasteiger partial charge in [-0.05, 0) is 62.3 Å². The third-order valence-corrected chi connectivity index (χ3v) is 11.0. The Morgan fingerprint density at radius 1 is 0.940 bits per heavy atom. The van der Waals surface area contributed by atoms with Gasteiger partial charge in [0.2, 0.25) is 5.85 Å². The smallest absolute Gasteiger partial charge is 0.401 e. The van der Waals surface area contributed by atoms with Gasteiger partial charge in [0.1, 0.15) is 5.75 Å². The van der Waals surface area contributed by atoms with E-state index in [1.807, 2.05) is 39.4 Å². The maximum Gasteiger partial charge on any atom is 0.401 e. The summed E-state index contributed by atoms with van der Waals surface area (Å²) >= 11 is 1.48. The number of amides is 1. The summed E-state index contributed by atoms with van der Waals surface area (Å²) in [6.07, 6.45) is -1.28. The molecule has 3 aromatic rings. The van der Waals surface area contributed by atoms with Crippen molar-refractivity contribution in [3.8, 4) is 5.75 Å². The van der Waals surface area contributed by atoms with Crippen molar-refractivity contribution in [3.63, 3.8) is 0 Å². The van der Waals surface area contributed by atoms with Gasteiger partial charge < -0.3 is 19.9 Å². The molecule has 2 aromatic carbocycles. The molecular formula is C36H43F3N4O6S. The van der Waals surface area contributed by atoms with E-state index in [-0.39, 0.29) is 50.4 Å². The van der Waals surface area contributed by atoms with Gasteiger partial charge in [-0.3, -0.25) is 29.1 Å². The van der Waals surface area contributed by atoms with E-state index in [1.54, 1.807) is 18.2 Å². The van der Waals surface area contributed by atoms with Gasteiger partial charge in [0.05, 0.1) is 36.9 Å². The first-order valence-corrected chi connectivity index (χ1v) is 18.0. The first-order chi connectivity index (χ1) is 24.0. The van der Waals surface area contributed by atoms with Crippen LogP contribution in [-0.2, 0) is 20.7 Å². The summed E-state index contributed by atoms with van der Waals surface area (Å²) in [5.74, 6) is -2.99. The summed E-state index contributed by atoms with van der Waals surface area (Å²) in [5, 5.41) is 15.2. The number of fused-ring (bicyclic) bond motifs is 1. The lowest BCUT2D eigenvalue weighted by Crippen LogP contribution is -2.71. The molecule has 2 N–H and O–H groups in total. The molecule has 10 nitrogen and oxygen atoms in total. The molecule has 1 saturated carbocycles. The van der Waals surface area contributed by atoms with Crippen LogP contribution in [0.1, 0.15) is 54.4 Å². The molecular weight excluding hydrogens is 673 g/mol. The average molecular weight is 717 g/mol. The van der Waals surface area contributed by atoms with E-state index < -0.39 is 30.5 Å². The minimum absolute atomic E-state index is 0.0521. The third-order valence-electron chi connectivity index (χ3n) is 10.1. The van der Waals surface area contributed by atoms with Crippen LogP contribution < -0.4 is 10.1 Å². The average Bonchev–Trinajstić information content (AvgIpc) is 3.79. The van der Waals surface area contributed by atoms with Gasteiger partial charge in [-0.2, -0.15) is 13.2 Å². The molecule has 0 spiro atoms. The van der Waals surface area contributed by atoms with Crippen molar-refractivity contribution in [2.45, 2.75) is 63.1 Å². The minimum atomic E-state index is -4.33. The number of methoxy groups -OCH3 is 1. The normalized spacial score (nSPS) is 22.3. The molecule has 3 fully saturated rings. The van der Waals surface area contributed by atoms with Gasteiger partial charge in [0.25, 0.3) is 5.91 Å². The Bertz CT molecular complexity index is 1680. The molecule has 6 rings (SSSR count). The van der Waals surface area contributed by atoms with E-state index in [1.165, 1.54) is 23.3 Å². The van der Waals surface area contributed by atoms with Crippen LogP contribution in [0.15, 0.2) is 47.8 Å². The van der Waals surface area contributed by atoms with Crippen molar-refractivity contribution < 1.29 is 42.1 Å². The fraction of sp³-hybridized carbons (Fsp3) is 0.528. The molecule has 50 heavy (non-hydrogen) atoms. The number of piperazine rings is 1. The second-order valence-electron chi connectivity index (χ2n) is 13.3. The van der Waals surface area contributed by atoms with Gasteiger partial charge in [0.15, 0.2) is 5.78 Å². The van der Waals surface area contributed by atoms with E-state index in [0.29, 0.717) is 61.3 Å². The van der Waals surface area contributed by atoms with Gasteiger partial charge in [-0.15, -0.1) is 11.3 Å². The molecule has 1 atom stereocenters. The molecule has 270 valence electrons. The van der Waals surface area contributed by atoms with Crippen molar-refractivity contribution in [3.05, 3.63) is 59.0 Å². The number of hydrogen-bond acceptors (Lipinski definition) is 9. The van der Waals surface area contributed by atoms with Gasteiger partial charge >= 0.3 is 12.1 Å². The highest BCUT2D eigenvalue weighted by Gasteiger charge is 2.53. The molecule has 1 amide bonds. The highest BCUT2D eigenvalue weighted by atomic mass is 32.1. The zero-order valence-corrected chi connectivity index (χ0v) is 28.9. The number of halogens is 3. The molecule has 1 aliphatic carbocycles. The van der Waals surface area contributed by atoms with Crippen molar-refractivity contribution >= 4 is 44.8 Å². The number of Topliss-reactive ketones (excluding diaryl/α,β-unsaturated/α-hetero) is 1. The lowest BCUT2D eigenvalue weighted by Gasteiger charge is -2.52. The Kier molecular flexibility index (Phi) is 11.1. The second kappa shape index (κ2) is 15.4. The molecule has 2 saturated heterocycles.